The van der Waals surface area contributed by atoms with Crippen LogP contribution in [0.1, 0.15) is 0 Å². The molecular weight excluding hydrogens is 294 g/mol. The van der Waals surface area contributed by atoms with Crippen molar-refractivity contribution in [3.8, 4) is 5.75 Å². The standard InChI is InChI=1S/C12H14F2N2O3.ClH/c1-18-10-5-7(13)9(4-8(10)14)16-12(17)11-6-15-2-3-19-11;/h4-5,11,15H,2-3,6H2,1H3,(H,16,17);1H. The smallest absolute Gasteiger partial charge is 0.254 e. The first kappa shape index (κ1) is 16.6. The molecule has 1 saturated heterocycles. The van der Waals surface area contributed by atoms with Crippen LogP contribution in [-0.4, -0.2) is 38.8 Å². The molecule has 1 fully saturated rings. The summed E-state index contributed by atoms with van der Waals surface area (Å²) in [4.78, 5) is 11.8. The molecule has 2 N–H and O–H groups in total. The van der Waals surface area contributed by atoms with Gasteiger partial charge in [-0.05, 0) is 0 Å². The largest absolute Gasteiger partial charge is 0.494 e. The van der Waals surface area contributed by atoms with Gasteiger partial charge in [-0.2, -0.15) is 0 Å². The number of carbonyl (C=O) groups excluding carboxylic acids is 1. The van der Waals surface area contributed by atoms with E-state index in [-0.39, 0.29) is 23.8 Å². The van der Waals surface area contributed by atoms with Crippen LogP contribution < -0.4 is 15.4 Å². The van der Waals surface area contributed by atoms with Gasteiger partial charge in [-0.15, -0.1) is 12.4 Å². The molecular formula is C12H15ClF2N2O3. The molecule has 2 rings (SSSR count). The summed E-state index contributed by atoms with van der Waals surface area (Å²) >= 11 is 0. The lowest BCUT2D eigenvalue weighted by Crippen LogP contribution is -2.45. The van der Waals surface area contributed by atoms with Crippen molar-refractivity contribution in [2.75, 3.05) is 32.1 Å². The molecule has 1 aliphatic rings. The van der Waals surface area contributed by atoms with Gasteiger partial charge in [-0.25, -0.2) is 8.78 Å². The van der Waals surface area contributed by atoms with E-state index in [1.54, 1.807) is 0 Å². The summed E-state index contributed by atoms with van der Waals surface area (Å²) in [7, 11) is 1.23. The van der Waals surface area contributed by atoms with Crippen molar-refractivity contribution in [3.63, 3.8) is 0 Å². The minimum atomic E-state index is -0.768. The average Bonchev–Trinajstić information content (AvgIpc) is 2.43. The van der Waals surface area contributed by atoms with Crippen LogP contribution in [0.15, 0.2) is 12.1 Å². The molecule has 1 aliphatic heterocycles. The first-order valence-electron chi connectivity index (χ1n) is 5.78. The topological polar surface area (TPSA) is 59.6 Å². The van der Waals surface area contributed by atoms with Gasteiger partial charge in [0.15, 0.2) is 17.4 Å². The number of anilines is 1. The lowest BCUT2D eigenvalue weighted by molar-refractivity contribution is -0.128. The number of benzene rings is 1. The molecule has 8 heteroatoms. The second-order valence-corrected chi connectivity index (χ2v) is 4.02. The van der Waals surface area contributed by atoms with Gasteiger partial charge in [-0.3, -0.25) is 4.79 Å². The van der Waals surface area contributed by atoms with Crippen molar-refractivity contribution < 1.29 is 23.0 Å². The Kier molecular flexibility index (Phi) is 6.12. The Hall–Kier alpha value is -1.44. The quantitative estimate of drug-likeness (QED) is 0.884. The summed E-state index contributed by atoms with van der Waals surface area (Å²) < 4.78 is 36.9. The van der Waals surface area contributed by atoms with Crippen molar-refractivity contribution in [2.45, 2.75) is 6.10 Å². The maximum Gasteiger partial charge on any atom is 0.254 e. The summed E-state index contributed by atoms with van der Waals surface area (Å²) in [5.41, 5.74) is -0.238. The fraction of sp³-hybridized carbons (Fsp3) is 0.417. The molecule has 1 heterocycles. The normalized spacial score (nSPS) is 18.1. The Bertz CT molecular complexity index is 482. The van der Waals surface area contributed by atoms with Gasteiger partial charge in [-0.1, -0.05) is 0 Å². The van der Waals surface area contributed by atoms with Crippen molar-refractivity contribution in [3.05, 3.63) is 23.8 Å². The summed E-state index contributed by atoms with van der Waals surface area (Å²) in [6.07, 6.45) is -0.710. The molecule has 1 atom stereocenters. The highest BCUT2D eigenvalue weighted by Crippen LogP contribution is 2.24. The number of morpholine rings is 1. The molecule has 0 radical (unpaired) electrons. The fourth-order valence-corrected chi connectivity index (χ4v) is 1.73. The van der Waals surface area contributed by atoms with Crippen LogP contribution in [0.4, 0.5) is 14.5 Å². The number of hydrogen-bond acceptors (Lipinski definition) is 4. The van der Waals surface area contributed by atoms with Crippen LogP contribution in [0.5, 0.6) is 5.75 Å². The predicted molar refractivity (Wildman–Crippen MR) is 71.4 cm³/mol. The summed E-state index contributed by atoms with van der Waals surface area (Å²) in [5.74, 6) is -2.25. The summed E-state index contributed by atoms with van der Waals surface area (Å²) in [6, 6.07) is 1.76. The third-order valence-electron chi connectivity index (χ3n) is 2.72. The minimum Gasteiger partial charge on any atom is -0.494 e. The van der Waals surface area contributed by atoms with Crippen molar-refractivity contribution in [2.24, 2.45) is 0 Å². The minimum absolute atomic E-state index is 0. The van der Waals surface area contributed by atoms with E-state index in [9.17, 15) is 13.6 Å². The SMILES string of the molecule is COc1cc(F)c(NC(=O)C2CNCCO2)cc1F.Cl. The Morgan fingerprint density at radius 3 is 2.80 bits per heavy atom. The molecule has 20 heavy (non-hydrogen) atoms. The van der Waals surface area contributed by atoms with E-state index in [1.165, 1.54) is 7.11 Å². The van der Waals surface area contributed by atoms with E-state index < -0.39 is 23.6 Å². The van der Waals surface area contributed by atoms with Crippen LogP contribution in [0, 0.1) is 11.6 Å². The van der Waals surface area contributed by atoms with Gasteiger partial charge < -0.3 is 20.1 Å². The van der Waals surface area contributed by atoms with Gasteiger partial charge in [0.2, 0.25) is 0 Å². The number of halogens is 3. The number of amides is 1. The molecule has 5 nitrogen and oxygen atoms in total. The third-order valence-corrected chi connectivity index (χ3v) is 2.72. The zero-order valence-electron chi connectivity index (χ0n) is 10.7. The maximum absolute atomic E-state index is 13.6. The van der Waals surface area contributed by atoms with Crippen LogP contribution >= 0.6 is 12.4 Å². The number of nitrogens with one attached hydrogen (secondary N) is 2. The van der Waals surface area contributed by atoms with E-state index in [1.807, 2.05) is 0 Å². The zero-order valence-corrected chi connectivity index (χ0v) is 11.6. The average molecular weight is 309 g/mol. The second kappa shape index (κ2) is 7.37. The Labute approximate surface area is 121 Å². The van der Waals surface area contributed by atoms with E-state index >= 15 is 0 Å². The number of carbonyl (C=O) groups is 1. The Morgan fingerprint density at radius 1 is 1.45 bits per heavy atom. The Balaban J connectivity index is 0.00000200. The van der Waals surface area contributed by atoms with Crippen LogP contribution in [0.2, 0.25) is 0 Å². The number of rotatable bonds is 3. The molecule has 0 aliphatic carbocycles. The van der Waals surface area contributed by atoms with Gasteiger partial charge in [0.1, 0.15) is 6.10 Å². The molecule has 112 valence electrons. The second-order valence-electron chi connectivity index (χ2n) is 4.02. The van der Waals surface area contributed by atoms with Gasteiger partial charge in [0, 0.05) is 25.2 Å². The molecule has 1 unspecified atom stereocenters. The van der Waals surface area contributed by atoms with Crippen molar-refractivity contribution in [1.29, 1.82) is 0 Å². The molecule has 0 saturated carbocycles. The number of methoxy groups -OCH3 is 1. The van der Waals surface area contributed by atoms with Gasteiger partial charge in [0.05, 0.1) is 19.4 Å². The Morgan fingerprint density at radius 2 is 2.20 bits per heavy atom. The highest BCUT2D eigenvalue weighted by atomic mass is 35.5. The number of hydrogen-bond donors (Lipinski definition) is 2. The first-order chi connectivity index (χ1) is 9.11. The molecule has 0 spiro atoms. The molecule has 0 aromatic heterocycles. The van der Waals surface area contributed by atoms with E-state index in [0.29, 0.717) is 19.7 Å². The van der Waals surface area contributed by atoms with Crippen molar-refractivity contribution >= 4 is 24.0 Å². The molecule has 1 aromatic rings. The zero-order chi connectivity index (χ0) is 13.8. The lowest BCUT2D eigenvalue weighted by atomic mass is 10.2. The lowest BCUT2D eigenvalue weighted by Gasteiger charge is -2.22. The van der Waals surface area contributed by atoms with E-state index in [0.717, 1.165) is 12.1 Å². The van der Waals surface area contributed by atoms with Gasteiger partial charge >= 0.3 is 0 Å². The maximum atomic E-state index is 13.6. The van der Waals surface area contributed by atoms with Crippen LogP contribution in [0.3, 0.4) is 0 Å². The molecule has 1 aromatic carbocycles. The fourth-order valence-electron chi connectivity index (χ4n) is 1.73. The highest BCUT2D eigenvalue weighted by molar-refractivity contribution is 5.94. The summed E-state index contributed by atoms with van der Waals surface area (Å²) in [6.45, 7) is 1.40. The monoisotopic (exact) mass is 308 g/mol. The van der Waals surface area contributed by atoms with E-state index in [2.05, 4.69) is 15.4 Å². The summed E-state index contributed by atoms with van der Waals surface area (Å²) in [5, 5.41) is 5.27. The van der Waals surface area contributed by atoms with Gasteiger partial charge in [0.25, 0.3) is 5.91 Å². The number of ether oxygens (including phenoxy) is 2. The first-order valence-corrected chi connectivity index (χ1v) is 5.78. The van der Waals surface area contributed by atoms with E-state index in [4.69, 9.17) is 4.74 Å². The highest BCUT2D eigenvalue weighted by Gasteiger charge is 2.23. The van der Waals surface area contributed by atoms with Crippen LogP contribution in [0.25, 0.3) is 0 Å². The van der Waals surface area contributed by atoms with Crippen molar-refractivity contribution in [1.82, 2.24) is 5.32 Å². The molecule has 1 amide bonds. The third kappa shape index (κ3) is 3.78. The molecule has 0 bridgehead atoms. The van der Waals surface area contributed by atoms with Crippen LogP contribution in [-0.2, 0) is 9.53 Å². The predicted octanol–water partition coefficient (Wildman–Crippen LogP) is 1.32.